The van der Waals surface area contributed by atoms with E-state index in [1.807, 2.05) is 0 Å². The van der Waals surface area contributed by atoms with Crippen molar-refractivity contribution in [3.63, 3.8) is 0 Å². The fraction of sp³-hybridized carbons (Fsp3) is 0.148. The van der Waals surface area contributed by atoms with Crippen molar-refractivity contribution in [3.8, 4) is 11.3 Å². The number of hydrogen-bond acceptors (Lipinski definition) is 4. The van der Waals surface area contributed by atoms with E-state index in [4.69, 9.17) is 11.6 Å². The number of amides is 1. The Balaban J connectivity index is 1.46. The van der Waals surface area contributed by atoms with E-state index in [9.17, 15) is 18.0 Å². The fourth-order valence-electron chi connectivity index (χ4n) is 4.22. The van der Waals surface area contributed by atoms with Crippen molar-refractivity contribution < 1.29 is 18.0 Å². The number of aromatic nitrogens is 3. The van der Waals surface area contributed by atoms with Gasteiger partial charge >= 0.3 is 0 Å². The Hall–Kier alpha value is -4.11. The highest BCUT2D eigenvalue weighted by atomic mass is 35.5. The number of imidazole rings is 1. The molecule has 2 heterocycles. The van der Waals surface area contributed by atoms with Crippen molar-refractivity contribution in [2.45, 2.75) is 25.4 Å². The highest BCUT2D eigenvalue weighted by Gasteiger charge is 2.25. The van der Waals surface area contributed by atoms with E-state index in [1.165, 1.54) is 6.07 Å². The molecule has 1 aliphatic carbocycles. The van der Waals surface area contributed by atoms with Gasteiger partial charge in [-0.15, -0.1) is 0 Å². The smallest absolute Gasteiger partial charge is 0.253 e. The van der Waals surface area contributed by atoms with Gasteiger partial charge in [0.1, 0.15) is 5.82 Å². The summed E-state index contributed by atoms with van der Waals surface area (Å²) in [6.45, 7) is 0.101. The highest BCUT2D eigenvalue weighted by molar-refractivity contribution is 6.34. The van der Waals surface area contributed by atoms with Gasteiger partial charge in [0.05, 0.1) is 33.5 Å². The molecule has 0 bridgehead atoms. The van der Waals surface area contributed by atoms with Gasteiger partial charge in [-0.25, -0.2) is 23.1 Å². The summed E-state index contributed by atoms with van der Waals surface area (Å²) < 4.78 is 44.2. The Bertz CT molecular complexity index is 1700. The molecule has 10 heteroatoms. The van der Waals surface area contributed by atoms with Crippen LogP contribution < -0.4 is 10.6 Å². The van der Waals surface area contributed by atoms with Gasteiger partial charge in [0.2, 0.25) is 0 Å². The van der Waals surface area contributed by atoms with Crippen LogP contribution in [0.5, 0.6) is 0 Å². The van der Waals surface area contributed by atoms with Crippen LogP contribution in [0.2, 0.25) is 5.02 Å². The maximum atomic E-state index is 14.3. The molecule has 1 saturated carbocycles. The lowest BCUT2D eigenvalue weighted by molar-refractivity contribution is 0.0951. The highest BCUT2D eigenvalue weighted by Crippen LogP contribution is 2.32. The van der Waals surface area contributed by atoms with Gasteiger partial charge < -0.3 is 10.6 Å². The summed E-state index contributed by atoms with van der Waals surface area (Å²) in [5, 5.41) is 6.22. The molecule has 0 spiro atoms. The average molecular weight is 522 g/mol. The van der Waals surface area contributed by atoms with Crippen molar-refractivity contribution in [3.05, 3.63) is 94.4 Å². The molecule has 0 radical (unpaired) electrons. The molecule has 0 saturated heterocycles. The molecule has 186 valence electrons. The van der Waals surface area contributed by atoms with E-state index < -0.39 is 11.6 Å². The second-order valence-corrected chi connectivity index (χ2v) is 9.31. The first-order valence-electron chi connectivity index (χ1n) is 11.6. The number of carbonyl (C=O) groups is 1. The molecule has 1 aliphatic rings. The van der Waals surface area contributed by atoms with Crippen LogP contribution in [0, 0.1) is 17.5 Å². The van der Waals surface area contributed by atoms with Gasteiger partial charge in [-0.3, -0.25) is 9.20 Å². The molecule has 6 nitrogen and oxygen atoms in total. The van der Waals surface area contributed by atoms with Crippen LogP contribution in [-0.4, -0.2) is 26.3 Å². The number of fused-ring (bicyclic) bond motifs is 3. The van der Waals surface area contributed by atoms with Crippen LogP contribution in [0.15, 0.2) is 60.8 Å². The van der Waals surface area contributed by atoms with E-state index in [-0.39, 0.29) is 46.2 Å². The molecule has 6 rings (SSSR count). The summed E-state index contributed by atoms with van der Waals surface area (Å²) >= 11 is 6.46. The van der Waals surface area contributed by atoms with Crippen LogP contribution in [-0.2, 0) is 6.54 Å². The molecule has 1 amide bonds. The Labute approximate surface area is 214 Å². The SMILES string of the molecule is O=C(NC1CC1)c1ccc(-c2cnc3c(NCc4ccccc4F)nc4cc(F)c(F)cc4n23)cc1Cl. The quantitative estimate of drug-likeness (QED) is 0.282. The zero-order valence-corrected chi connectivity index (χ0v) is 20.0. The minimum absolute atomic E-state index is 0.101. The van der Waals surface area contributed by atoms with E-state index in [0.717, 1.165) is 25.0 Å². The second kappa shape index (κ2) is 9.08. The first-order valence-corrected chi connectivity index (χ1v) is 12.0. The lowest BCUT2D eigenvalue weighted by Crippen LogP contribution is -2.25. The van der Waals surface area contributed by atoms with Crippen molar-refractivity contribution >= 4 is 40.0 Å². The third-order valence-corrected chi connectivity index (χ3v) is 6.60. The molecule has 37 heavy (non-hydrogen) atoms. The number of rotatable bonds is 6. The summed E-state index contributed by atoms with van der Waals surface area (Å²) in [6, 6.07) is 13.5. The van der Waals surface area contributed by atoms with Crippen LogP contribution in [0.1, 0.15) is 28.8 Å². The molecule has 1 fully saturated rings. The molecular formula is C27H19ClF3N5O. The lowest BCUT2D eigenvalue weighted by Gasteiger charge is -2.13. The fourth-order valence-corrected chi connectivity index (χ4v) is 4.49. The van der Waals surface area contributed by atoms with Gasteiger partial charge in [-0.2, -0.15) is 0 Å². The first-order chi connectivity index (χ1) is 17.9. The van der Waals surface area contributed by atoms with Crippen LogP contribution in [0.25, 0.3) is 27.9 Å². The summed E-state index contributed by atoms with van der Waals surface area (Å²) in [7, 11) is 0. The standard InChI is InChI=1S/C27H19ClF3N5O/c28-18-9-14(5-8-17(18)27(37)34-16-6-7-16)24-13-33-26-25(32-12-15-3-1-2-4-19(15)29)35-22-10-20(30)21(31)11-23(22)36(24)26/h1-5,8-11,13,16H,6-7,12H2,(H,32,35)(H,34,37). The molecule has 2 N–H and O–H groups in total. The van der Waals surface area contributed by atoms with E-state index >= 15 is 0 Å². The molecule has 0 atom stereocenters. The number of nitrogens with zero attached hydrogens (tertiary/aromatic N) is 3. The summed E-state index contributed by atoms with van der Waals surface area (Å²) in [5.74, 6) is -2.45. The van der Waals surface area contributed by atoms with Crippen LogP contribution >= 0.6 is 11.6 Å². The predicted molar refractivity (Wildman–Crippen MR) is 135 cm³/mol. The topological polar surface area (TPSA) is 71.3 Å². The predicted octanol–water partition coefficient (Wildman–Crippen LogP) is 6.12. The number of benzene rings is 3. The number of hydrogen-bond donors (Lipinski definition) is 2. The molecule has 2 aromatic heterocycles. The largest absolute Gasteiger partial charge is 0.363 e. The van der Waals surface area contributed by atoms with Crippen LogP contribution in [0.3, 0.4) is 0 Å². The van der Waals surface area contributed by atoms with Crippen LogP contribution in [0.4, 0.5) is 19.0 Å². The van der Waals surface area contributed by atoms with Gasteiger partial charge in [0.15, 0.2) is 23.1 Å². The van der Waals surface area contributed by atoms with Gasteiger partial charge in [0, 0.05) is 35.8 Å². The third kappa shape index (κ3) is 4.35. The molecule has 0 aliphatic heterocycles. The monoisotopic (exact) mass is 521 g/mol. The number of halogens is 4. The molecular weight excluding hydrogens is 503 g/mol. The molecule has 3 aromatic carbocycles. The van der Waals surface area contributed by atoms with Crippen molar-refractivity contribution in [1.29, 1.82) is 0 Å². The zero-order valence-electron chi connectivity index (χ0n) is 19.2. The molecule has 0 unspecified atom stereocenters. The minimum atomic E-state index is -1.05. The van der Waals surface area contributed by atoms with E-state index in [2.05, 4.69) is 20.6 Å². The van der Waals surface area contributed by atoms with E-state index in [1.54, 1.807) is 47.0 Å². The second-order valence-electron chi connectivity index (χ2n) is 8.91. The Morgan fingerprint density at radius 2 is 1.81 bits per heavy atom. The zero-order chi connectivity index (χ0) is 25.7. The number of nitrogens with one attached hydrogen (secondary N) is 2. The van der Waals surface area contributed by atoms with Crippen molar-refractivity contribution in [1.82, 2.24) is 19.7 Å². The van der Waals surface area contributed by atoms with Gasteiger partial charge in [0.25, 0.3) is 5.91 Å². The van der Waals surface area contributed by atoms with Gasteiger partial charge in [-0.1, -0.05) is 35.9 Å². The Morgan fingerprint density at radius 1 is 1.03 bits per heavy atom. The minimum Gasteiger partial charge on any atom is -0.363 e. The average Bonchev–Trinajstić information content (AvgIpc) is 3.58. The normalized spacial score (nSPS) is 13.3. The molecule has 5 aromatic rings. The Morgan fingerprint density at radius 3 is 2.57 bits per heavy atom. The number of anilines is 1. The maximum absolute atomic E-state index is 14.3. The van der Waals surface area contributed by atoms with Crippen molar-refractivity contribution in [2.75, 3.05) is 5.32 Å². The number of carbonyl (C=O) groups excluding carboxylic acids is 1. The van der Waals surface area contributed by atoms with E-state index in [0.29, 0.717) is 28.0 Å². The lowest BCUT2D eigenvalue weighted by atomic mass is 10.1. The Kier molecular flexibility index (Phi) is 5.72. The third-order valence-electron chi connectivity index (χ3n) is 6.29. The summed E-state index contributed by atoms with van der Waals surface area (Å²) in [6.07, 6.45) is 3.46. The first kappa shape index (κ1) is 23.3. The van der Waals surface area contributed by atoms with Gasteiger partial charge in [-0.05, 0) is 31.0 Å². The van der Waals surface area contributed by atoms with Crippen molar-refractivity contribution in [2.24, 2.45) is 0 Å². The summed E-state index contributed by atoms with van der Waals surface area (Å²) in [4.78, 5) is 21.4. The maximum Gasteiger partial charge on any atom is 0.253 e. The summed E-state index contributed by atoms with van der Waals surface area (Å²) in [5.41, 5.74) is 2.68.